The van der Waals surface area contributed by atoms with Crippen LogP contribution in [0.4, 0.5) is 5.82 Å². The largest absolute Gasteiger partial charge is 0.393 e. The molecule has 0 aromatic carbocycles. The highest BCUT2D eigenvalue weighted by Crippen LogP contribution is 2.28. The SMILES string of the molecule is CCc1nnc(NCCCC2CCCCC2O)c(C#N)c1CC. The van der Waals surface area contributed by atoms with E-state index in [2.05, 4.69) is 21.6 Å². The van der Waals surface area contributed by atoms with Crippen LogP contribution in [0.1, 0.15) is 69.2 Å². The molecule has 0 amide bonds. The fraction of sp³-hybridized carbons (Fsp3) is 0.722. The van der Waals surface area contributed by atoms with Gasteiger partial charge in [-0.1, -0.05) is 26.7 Å². The van der Waals surface area contributed by atoms with Crippen LogP contribution in [0.5, 0.6) is 0 Å². The number of rotatable bonds is 7. The molecule has 0 radical (unpaired) electrons. The van der Waals surface area contributed by atoms with E-state index >= 15 is 0 Å². The van der Waals surface area contributed by atoms with Crippen molar-refractivity contribution in [2.24, 2.45) is 5.92 Å². The summed E-state index contributed by atoms with van der Waals surface area (Å²) in [6.07, 6.45) is 7.93. The molecule has 5 nitrogen and oxygen atoms in total. The van der Waals surface area contributed by atoms with Crippen LogP contribution in [0.2, 0.25) is 0 Å². The molecular weight excluding hydrogens is 288 g/mol. The number of hydrogen-bond acceptors (Lipinski definition) is 5. The maximum Gasteiger partial charge on any atom is 0.166 e. The predicted octanol–water partition coefficient (Wildman–Crippen LogP) is 3.22. The van der Waals surface area contributed by atoms with Gasteiger partial charge in [-0.2, -0.15) is 10.4 Å². The van der Waals surface area contributed by atoms with Crippen molar-refractivity contribution in [3.63, 3.8) is 0 Å². The van der Waals surface area contributed by atoms with Gasteiger partial charge in [0.2, 0.25) is 0 Å². The van der Waals surface area contributed by atoms with Gasteiger partial charge in [-0.15, -0.1) is 5.10 Å². The van der Waals surface area contributed by atoms with E-state index in [-0.39, 0.29) is 6.10 Å². The highest BCUT2D eigenvalue weighted by Gasteiger charge is 2.22. The lowest BCUT2D eigenvalue weighted by Crippen LogP contribution is -2.25. The lowest BCUT2D eigenvalue weighted by molar-refractivity contribution is 0.0648. The normalized spacial score (nSPS) is 21.0. The Morgan fingerprint density at radius 3 is 2.65 bits per heavy atom. The van der Waals surface area contributed by atoms with Crippen molar-refractivity contribution in [1.29, 1.82) is 5.26 Å². The molecule has 1 aromatic heterocycles. The van der Waals surface area contributed by atoms with E-state index in [1.807, 2.05) is 13.8 Å². The van der Waals surface area contributed by atoms with Gasteiger partial charge in [0, 0.05) is 6.54 Å². The second-order valence-electron chi connectivity index (χ2n) is 6.35. The molecule has 0 aliphatic heterocycles. The molecule has 126 valence electrons. The summed E-state index contributed by atoms with van der Waals surface area (Å²) in [6, 6.07) is 2.28. The van der Waals surface area contributed by atoms with Crippen molar-refractivity contribution in [2.75, 3.05) is 11.9 Å². The molecule has 1 saturated carbocycles. The van der Waals surface area contributed by atoms with Crippen molar-refractivity contribution in [2.45, 2.75) is 71.3 Å². The van der Waals surface area contributed by atoms with Crippen LogP contribution >= 0.6 is 0 Å². The summed E-state index contributed by atoms with van der Waals surface area (Å²) in [5, 5.41) is 31.2. The molecule has 0 bridgehead atoms. The molecule has 2 atom stereocenters. The molecule has 1 aliphatic rings. The smallest absolute Gasteiger partial charge is 0.166 e. The molecule has 5 heteroatoms. The van der Waals surface area contributed by atoms with E-state index in [0.29, 0.717) is 17.3 Å². The number of nitriles is 1. The first-order valence-corrected chi connectivity index (χ1v) is 8.91. The lowest BCUT2D eigenvalue weighted by Gasteiger charge is -2.27. The van der Waals surface area contributed by atoms with Gasteiger partial charge in [0.1, 0.15) is 11.6 Å². The molecule has 1 fully saturated rings. The summed E-state index contributed by atoms with van der Waals surface area (Å²) in [6.45, 7) is 4.85. The highest BCUT2D eigenvalue weighted by molar-refractivity contribution is 5.56. The van der Waals surface area contributed by atoms with Crippen LogP contribution < -0.4 is 5.32 Å². The molecule has 1 heterocycles. The molecule has 0 saturated heterocycles. The molecule has 0 spiro atoms. The first kappa shape index (κ1) is 17.7. The van der Waals surface area contributed by atoms with Gasteiger partial charge in [0.05, 0.1) is 11.8 Å². The minimum Gasteiger partial charge on any atom is -0.393 e. The van der Waals surface area contributed by atoms with E-state index in [9.17, 15) is 10.4 Å². The number of nitrogens with zero attached hydrogens (tertiary/aromatic N) is 3. The fourth-order valence-electron chi connectivity index (χ4n) is 3.51. The Hall–Kier alpha value is -1.67. The summed E-state index contributed by atoms with van der Waals surface area (Å²) >= 11 is 0. The third-order valence-electron chi connectivity index (χ3n) is 4.87. The Morgan fingerprint density at radius 1 is 1.22 bits per heavy atom. The Bertz CT molecular complexity index is 553. The van der Waals surface area contributed by atoms with Crippen LogP contribution in [0.25, 0.3) is 0 Å². The number of aryl methyl sites for hydroxylation is 1. The van der Waals surface area contributed by atoms with E-state index < -0.39 is 0 Å². The van der Waals surface area contributed by atoms with Crippen LogP contribution in [-0.2, 0) is 12.8 Å². The standard InChI is InChI=1S/C18H28N4O/c1-3-14-15(12-19)18(22-21-16(14)4-2)20-11-7-9-13-8-5-6-10-17(13)23/h13,17,23H,3-11H2,1-2H3,(H,20,22). The molecule has 23 heavy (non-hydrogen) atoms. The third-order valence-corrected chi connectivity index (χ3v) is 4.87. The van der Waals surface area contributed by atoms with E-state index in [1.165, 1.54) is 6.42 Å². The second kappa shape index (κ2) is 8.83. The van der Waals surface area contributed by atoms with Crippen LogP contribution in [-0.4, -0.2) is 28.0 Å². The number of aliphatic hydroxyl groups is 1. The molecule has 1 aliphatic carbocycles. The number of anilines is 1. The van der Waals surface area contributed by atoms with Gasteiger partial charge in [-0.05, 0) is 50.0 Å². The minimum absolute atomic E-state index is 0.131. The van der Waals surface area contributed by atoms with E-state index in [4.69, 9.17) is 0 Å². The Balaban J connectivity index is 1.91. The average Bonchev–Trinajstić information content (AvgIpc) is 2.59. The van der Waals surface area contributed by atoms with Crippen molar-refractivity contribution in [3.8, 4) is 6.07 Å². The van der Waals surface area contributed by atoms with Crippen LogP contribution in [0, 0.1) is 17.2 Å². The fourth-order valence-corrected chi connectivity index (χ4v) is 3.51. The molecule has 2 rings (SSSR count). The summed E-state index contributed by atoms with van der Waals surface area (Å²) in [7, 11) is 0. The van der Waals surface area contributed by atoms with Gasteiger partial charge in [-0.3, -0.25) is 0 Å². The van der Waals surface area contributed by atoms with E-state index in [0.717, 1.165) is 62.7 Å². The minimum atomic E-state index is -0.131. The van der Waals surface area contributed by atoms with Gasteiger partial charge in [-0.25, -0.2) is 0 Å². The summed E-state index contributed by atoms with van der Waals surface area (Å²) in [5.74, 6) is 1.03. The topological polar surface area (TPSA) is 81.8 Å². The van der Waals surface area contributed by atoms with Crippen LogP contribution in [0.15, 0.2) is 0 Å². The Kier molecular flexibility index (Phi) is 6.79. The third kappa shape index (κ3) is 4.42. The lowest BCUT2D eigenvalue weighted by atomic mass is 9.83. The van der Waals surface area contributed by atoms with Crippen molar-refractivity contribution in [3.05, 3.63) is 16.8 Å². The van der Waals surface area contributed by atoms with E-state index in [1.54, 1.807) is 0 Å². The van der Waals surface area contributed by atoms with Gasteiger partial charge in [0.15, 0.2) is 5.82 Å². The molecule has 2 N–H and O–H groups in total. The second-order valence-corrected chi connectivity index (χ2v) is 6.35. The molecule has 1 aromatic rings. The first-order chi connectivity index (χ1) is 11.2. The van der Waals surface area contributed by atoms with Gasteiger partial charge >= 0.3 is 0 Å². The Labute approximate surface area is 139 Å². The van der Waals surface area contributed by atoms with Gasteiger partial charge < -0.3 is 10.4 Å². The van der Waals surface area contributed by atoms with Crippen LogP contribution in [0.3, 0.4) is 0 Å². The quantitative estimate of drug-likeness (QED) is 0.755. The highest BCUT2D eigenvalue weighted by atomic mass is 16.3. The zero-order chi connectivity index (χ0) is 16.7. The summed E-state index contributed by atoms with van der Waals surface area (Å²) in [5.41, 5.74) is 2.56. The zero-order valence-corrected chi connectivity index (χ0v) is 14.3. The van der Waals surface area contributed by atoms with Crippen molar-refractivity contribution < 1.29 is 5.11 Å². The zero-order valence-electron chi connectivity index (χ0n) is 14.3. The predicted molar refractivity (Wildman–Crippen MR) is 91.2 cm³/mol. The van der Waals surface area contributed by atoms with Crippen molar-refractivity contribution >= 4 is 5.82 Å². The number of nitrogens with one attached hydrogen (secondary N) is 1. The number of aromatic nitrogens is 2. The number of hydrogen-bond donors (Lipinski definition) is 2. The maximum atomic E-state index is 10.0. The summed E-state index contributed by atoms with van der Waals surface area (Å²) in [4.78, 5) is 0. The monoisotopic (exact) mass is 316 g/mol. The first-order valence-electron chi connectivity index (χ1n) is 8.91. The Morgan fingerprint density at radius 2 is 2.00 bits per heavy atom. The van der Waals surface area contributed by atoms with Gasteiger partial charge in [0.25, 0.3) is 0 Å². The molecule has 2 unspecified atom stereocenters. The maximum absolute atomic E-state index is 10.0. The molecular formula is C18H28N4O. The van der Waals surface area contributed by atoms with Crippen molar-refractivity contribution in [1.82, 2.24) is 10.2 Å². The average molecular weight is 316 g/mol. The number of aliphatic hydroxyl groups excluding tert-OH is 1. The summed E-state index contributed by atoms with van der Waals surface area (Å²) < 4.78 is 0.